The minimum Gasteiger partial charge on any atom is -0.484 e. The van der Waals surface area contributed by atoms with Crippen LogP contribution in [0.15, 0.2) is 53.5 Å². The van der Waals surface area contributed by atoms with Crippen molar-refractivity contribution in [3.05, 3.63) is 74.6 Å². The highest BCUT2D eigenvalue weighted by Crippen LogP contribution is 2.19. The fourth-order valence-corrected chi connectivity index (χ4v) is 3.10. The molecule has 1 aromatic heterocycles. The third kappa shape index (κ3) is 4.91. The number of pyridine rings is 1. The van der Waals surface area contributed by atoms with Gasteiger partial charge in [0.2, 0.25) is 5.43 Å². The second-order valence-electron chi connectivity index (χ2n) is 6.70. The Balaban J connectivity index is 1.79. The van der Waals surface area contributed by atoms with Crippen LogP contribution in [-0.4, -0.2) is 34.6 Å². The smallest absolute Gasteiger partial charge is 0.343 e. The maximum Gasteiger partial charge on any atom is 0.343 e. The van der Waals surface area contributed by atoms with E-state index in [1.54, 1.807) is 23.6 Å². The van der Waals surface area contributed by atoms with Gasteiger partial charge in [-0.15, -0.1) is 0 Å². The van der Waals surface area contributed by atoms with Crippen LogP contribution in [0.2, 0.25) is 0 Å². The van der Waals surface area contributed by atoms with Gasteiger partial charge in [0, 0.05) is 35.9 Å². The van der Waals surface area contributed by atoms with Crippen molar-refractivity contribution in [1.82, 2.24) is 4.57 Å². The average Bonchev–Trinajstić information content (AvgIpc) is 2.78. The molecule has 0 radical (unpaired) electrons. The van der Waals surface area contributed by atoms with E-state index in [1.807, 2.05) is 6.92 Å². The maximum absolute atomic E-state index is 12.8. The molecule has 32 heavy (non-hydrogen) atoms. The Hall–Kier alpha value is -4.21. The van der Waals surface area contributed by atoms with Crippen LogP contribution in [0.25, 0.3) is 10.9 Å². The third-order valence-corrected chi connectivity index (χ3v) is 4.62. The predicted octanol–water partition coefficient (Wildman–Crippen LogP) is 3.12. The lowest BCUT2D eigenvalue weighted by molar-refractivity contribution is -0.384. The number of non-ortho nitro benzene ring substituents is 1. The Morgan fingerprint density at radius 2 is 1.84 bits per heavy atom. The second-order valence-corrected chi connectivity index (χ2v) is 6.70. The van der Waals surface area contributed by atoms with E-state index in [2.05, 4.69) is 5.32 Å². The summed E-state index contributed by atoms with van der Waals surface area (Å²) in [5.41, 5.74) is 0.326. The summed E-state index contributed by atoms with van der Waals surface area (Å²) < 4.78 is 12.1. The highest BCUT2D eigenvalue weighted by molar-refractivity contribution is 5.97. The number of fused-ring (bicyclic) bond motifs is 1. The van der Waals surface area contributed by atoms with E-state index in [1.165, 1.54) is 36.5 Å². The number of aryl methyl sites for hydroxylation is 1. The average molecular weight is 439 g/mol. The lowest BCUT2D eigenvalue weighted by Crippen LogP contribution is -2.22. The Labute approximate surface area is 182 Å². The van der Waals surface area contributed by atoms with Crippen molar-refractivity contribution in [1.29, 1.82) is 0 Å². The van der Waals surface area contributed by atoms with Crippen LogP contribution in [0, 0.1) is 10.1 Å². The number of hydrogen-bond acceptors (Lipinski definition) is 7. The molecule has 0 fully saturated rings. The number of nitro groups is 1. The molecule has 0 saturated carbocycles. The van der Waals surface area contributed by atoms with Gasteiger partial charge in [0.25, 0.3) is 11.6 Å². The van der Waals surface area contributed by atoms with E-state index in [0.29, 0.717) is 23.5 Å². The maximum atomic E-state index is 12.8. The molecule has 10 nitrogen and oxygen atoms in total. The first-order chi connectivity index (χ1) is 15.3. The third-order valence-electron chi connectivity index (χ3n) is 4.62. The SMILES string of the molecule is CCOC(=O)c1cn(CC)c2ccc(NC(=O)COc3ccc([N+](=O)[O-])cc3)cc2c1=O. The van der Waals surface area contributed by atoms with Crippen LogP contribution in [0.4, 0.5) is 11.4 Å². The number of nitrogens with zero attached hydrogens (tertiary/aromatic N) is 2. The van der Waals surface area contributed by atoms with Crippen molar-refractivity contribution >= 4 is 34.2 Å². The monoisotopic (exact) mass is 439 g/mol. The van der Waals surface area contributed by atoms with Crippen LogP contribution < -0.4 is 15.5 Å². The molecule has 3 rings (SSSR count). The molecule has 0 unspecified atom stereocenters. The first-order valence-corrected chi connectivity index (χ1v) is 9.85. The summed E-state index contributed by atoms with van der Waals surface area (Å²) in [5.74, 6) is -0.887. The highest BCUT2D eigenvalue weighted by atomic mass is 16.6. The summed E-state index contributed by atoms with van der Waals surface area (Å²) in [7, 11) is 0. The minimum absolute atomic E-state index is 0.0776. The molecule has 0 saturated heterocycles. The number of carbonyl (C=O) groups is 2. The summed E-state index contributed by atoms with van der Waals surface area (Å²) in [4.78, 5) is 47.4. The molecular weight excluding hydrogens is 418 g/mol. The second kappa shape index (κ2) is 9.73. The van der Waals surface area contributed by atoms with Crippen molar-refractivity contribution in [2.24, 2.45) is 0 Å². The topological polar surface area (TPSA) is 130 Å². The molecular formula is C22H21N3O7. The van der Waals surface area contributed by atoms with E-state index < -0.39 is 22.2 Å². The summed E-state index contributed by atoms with van der Waals surface area (Å²) in [6.07, 6.45) is 1.47. The summed E-state index contributed by atoms with van der Waals surface area (Å²) >= 11 is 0. The molecule has 0 spiro atoms. The van der Waals surface area contributed by atoms with Crippen LogP contribution in [-0.2, 0) is 16.1 Å². The van der Waals surface area contributed by atoms with Gasteiger partial charge in [-0.1, -0.05) is 0 Å². The first kappa shape index (κ1) is 22.5. The number of nitro benzene ring substituents is 1. The molecule has 10 heteroatoms. The van der Waals surface area contributed by atoms with E-state index in [-0.39, 0.29) is 29.9 Å². The number of aromatic nitrogens is 1. The van der Waals surface area contributed by atoms with Gasteiger partial charge in [-0.2, -0.15) is 0 Å². The predicted molar refractivity (Wildman–Crippen MR) is 117 cm³/mol. The van der Waals surface area contributed by atoms with Crippen LogP contribution >= 0.6 is 0 Å². The van der Waals surface area contributed by atoms with Crippen LogP contribution in [0.5, 0.6) is 5.75 Å². The Bertz CT molecular complexity index is 1230. The number of amides is 1. The number of nitrogens with one attached hydrogen (secondary N) is 1. The molecule has 166 valence electrons. The van der Waals surface area contributed by atoms with E-state index in [9.17, 15) is 24.5 Å². The van der Waals surface area contributed by atoms with Crippen molar-refractivity contribution < 1.29 is 24.0 Å². The molecule has 0 aliphatic rings. The Morgan fingerprint density at radius 3 is 2.47 bits per heavy atom. The number of benzene rings is 2. The number of esters is 1. The van der Waals surface area contributed by atoms with Crippen molar-refractivity contribution in [3.63, 3.8) is 0 Å². The first-order valence-electron chi connectivity index (χ1n) is 9.85. The molecule has 1 amide bonds. The Morgan fingerprint density at radius 1 is 1.12 bits per heavy atom. The quantitative estimate of drug-likeness (QED) is 0.324. The largest absolute Gasteiger partial charge is 0.484 e. The molecule has 0 aliphatic heterocycles. The van der Waals surface area contributed by atoms with Gasteiger partial charge in [-0.3, -0.25) is 19.7 Å². The number of hydrogen-bond donors (Lipinski definition) is 1. The van der Waals surface area contributed by atoms with E-state index >= 15 is 0 Å². The van der Waals surface area contributed by atoms with Crippen molar-refractivity contribution in [2.75, 3.05) is 18.5 Å². The molecule has 1 heterocycles. The summed E-state index contributed by atoms with van der Waals surface area (Å²) in [6.45, 7) is 3.87. The van der Waals surface area contributed by atoms with Gasteiger partial charge in [0.05, 0.1) is 17.0 Å². The number of anilines is 1. The van der Waals surface area contributed by atoms with Crippen molar-refractivity contribution in [2.45, 2.75) is 20.4 Å². The van der Waals surface area contributed by atoms with Gasteiger partial charge < -0.3 is 19.4 Å². The van der Waals surface area contributed by atoms with Gasteiger partial charge in [-0.05, 0) is 44.2 Å². The Kier molecular flexibility index (Phi) is 6.83. The highest BCUT2D eigenvalue weighted by Gasteiger charge is 2.17. The number of ether oxygens (including phenoxy) is 2. The van der Waals surface area contributed by atoms with E-state index in [4.69, 9.17) is 9.47 Å². The summed E-state index contributed by atoms with van der Waals surface area (Å²) in [6, 6.07) is 10.2. The molecule has 0 atom stereocenters. The lowest BCUT2D eigenvalue weighted by atomic mass is 10.1. The number of carbonyl (C=O) groups excluding carboxylic acids is 2. The zero-order chi connectivity index (χ0) is 23.3. The summed E-state index contributed by atoms with van der Waals surface area (Å²) in [5, 5.41) is 13.6. The zero-order valence-electron chi connectivity index (χ0n) is 17.5. The minimum atomic E-state index is -0.701. The lowest BCUT2D eigenvalue weighted by Gasteiger charge is -2.13. The normalized spacial score (nSPS) is 10.6. The van der Waals surface area contributed by atoms with Gasteiger partial charge >= 0.3 is 5.97 Å². The van der Waals surface area contributed by atoms with Gasteiger partial charge in [0.15, 0.2) is 6.61 Å². The number of rotatable bonds is 8. The molecule has 2 aromatic carbocycles. The zero-order valence-corrected chi connectivity index (χ0v) is 17.5. The molecule has 0 aliphatic carbocycles. The molecule has 1 N–H and O–H groups in total. The van der Waals surface area contributed by atoms with E-state index in [0.717, 1.165) is 0 Å². The van der Waals surface area contributed by atoms with Crippen LogP contribution in [0.1, 0.15) is 24.2 Å². The fourth-order valence-electron chi connectivity index (χ4n) is 3.10. The molecule has 0 bridgehead atoms. The van der Waals surface area contributed by atoms with Crippen LogP contribution in [0.3, 0.4) is 0 Å². The fraction of sp³-hybridized carbons (Fsp3) is 0.227. The van der Waals surface area contributed by atoms with Crippen molar-refractivity contribution in [3.8, 4) is 5.75 Å². The van der Waals surface area contributed by atoms with Gasteiger partial charge in [0.1, 0.15) is 11.3 Å². The standard InChI is InChI=1S/C22H21N3O7/c1-3-24-12-18(22(28)31-4-2)21(27)17-11-14(5-10-19(17)24)23-20(26)13-32-16-8-6-15(7-9-16)25(29)30/h5-12H,3-4,13H2,1-2H3,(H,23,26). The molecule has 3 aromatic rings. The van der Waals surface area contributed by atoms with Gasteiger partial charge in [-0.25, -0.2) is 4.79 Å².